The SMILES string of the molecule is COC1(C2CC2)CCNC1. The minimum Gasteiger partial charge on any atom is -0.377 e. The molecule has 10 heavy (non-hydrogen) atoms. The highest BCUT2D eigenvalue weighted by atomic mass is 16.5. The zero-order chi connectivity index (χ0) is 7.03. The molecule has 1 saturated carbocycles. The summed E-state index contributed by atoms with van der Waals surface area (Å²) in [5.41, 5.74) is 0.236. The minimum atomic E-state index is 0.236. The molecule has 0 radical (unpaired) electrons. The molecule has 1 saturated heterocycles. The maximum Gasteiger partial charge on any atom is 0.0842 e. The van der Waals surface area contributed by atoms with Gasteiger partial charge in [0.25, 0.3) is 0 Å². The molecule has 1 N–H and O–H groups in total. The van der Waals surface area contributed by atoms with Crippen molar-refractivity contribution in [1.82, 2.24) is 5.32 Å². The Bertz CT molecular complexity index is 125. The third kappa shape index (κ3) is 0.867. The summed E-state index contributed by atoms with van der Waals surface area (Å²) in [6.45, 7) is 2.22. The van der Waals surface area contributed by atoms with Gasteiger partial charge in [0.2, 0.25) is 0 Å². The maximum absolute atomic E-state index is 5.56. The number of hydrogen-bond acceptors (Lipinski definition) is 2. The van der Waals surface area contributed by atoms with E-state index in [1.54, 1.807) is 0 Å². The molecule has 2 fully saturated rings. The molecule has 0 amide bonds. The fraction of sp³-hybridized carbons (Fsp3) is 1.00. The molecule has 0 aromatic rings. The number of methoxy groups -OCH3 is 1. The van der Waals surface area contributed by atoms with Gasteiger partial charge in [-0.15, -0.1) is 0 Å². The van der Waals surface area contributed by atoms with Crippen molar-refractivity contribution in [2.75, 3.05) is 20.2 Å². The van der Waals surface area contributed by atoms with Gasteiger partial charge in [-0.1, -0.05) is 0 Å². The largest absolute Gasteiger partial charge is 0.377 e. The summed E-state index contributed by atoms with van der Waals surface area (Å²) in [7, 11) is 1.85. The first-order chi connectivity index (χ1) is 4.87. The fourth-order valence-corrected chi connectivity index (χ4v) is 1.99. The monoisotopic (exact) mass is 141 g/mol. The summed E-state index contributed by atoms with van der Waals surface area (Å²) < 4.78 is 5.56. The van der Waals surface area contributed by atoms with Crippen molar-refractivity contribution in [1.29, 1.82) is 0 Å². The van der Waals surface area contributed by atoms with Crippen LogP contribution in [-0.4, -0.2) is 25.8 Å². The number of rotatable bonds is 2. The zero-order valence-corrected chi connectivity index (χ0v) is 6.52. The van der Waals surface area contributed by atoms with Crippen molar-refractivity contribution < 1.29 is 4.74 Å². The van der Waals surface area contributed by atoms with Gasteiger partial charge in [0.1, 0.15) is 0 Å². The number of hydrogen-bond donors (Lipinski definition) is 1. The van der Waals surface area contributed by atoms with Gasteiger partial charge in [-0.3, -0.25) is 0 Å². The van der Waals surface area contributed by atoms with Gasteiger partial charge in [0.15, 0.2) is 0 Å². The van der Waals surface area contributed by atoms with Gasteiger partial charge in [-0.25, -0.2) is 0 Å². The van der Waals surface area contributed by atoms with Crippen molar-refractivity contribution in [2.45, 2.75) is 24.9 Å². The van der Waals surface area contributed by atoms with Crippen LogP contribution in [0.1, 0.15) is 19.3 Å². The molecule has 2 heteroatoms. The summed E-state index contributed by atoms with van der Waals surface area (Å²) >= 11 is 0. The van der Waals surface area contributed by atoms with Crippen molar-refractivity contribution >= 4 is 0 Å². The number of ether oxygens (including phenoxy) is 1. The Hall–Kier alpha value is -0.0800. The molecule has 0 bridgehead atoms. The van der Waals surface area contributed by atoms with Crippen LogP contribution < -0.4 is 5.32 Å². The Labute approximate surface area is 61.9 Å². The van der Waals surface area contributed by atoms with E-state index in [4.69, 9.17) is 4.74 Å². The van der Waals surface area contributed by atoms with E-state index in [1.807, 2.05) is 7.11 Å². The van der Waals surface area contributed by atoms with Gasteiger partial charge in [-0.05, 0) is 31.7 Å². The van der Waals surface area contributed by atoms with Gasteiger partial charge < -0.3 is 10.1 Å². The summed E-state index contributed by atoms with van der Waals surface area (Å²) in [4.78, 5) is 0. The second-order valence-corrected chi connectivity index (χ2v) is 3.47. The topological polar surface area (TPSA) is 21.3 Å². The van der Waals surface area contributed by atoms with Gasteiger partial charge in [0, 0.05) is 13.7 Å². The van der Waals surface area contributed by atoms with Gasteiger partial charge in [0.05, 0.1) is 5.60 Å². The average Bonchev–Trinajstić information content (AvgIpc) is 2.71. The first-order valence-electron chi connectivity index (χ1n) is 4.13. The van der Waals surface area contributed by atoms with E-state index in [0.717, 1.165) is 19.0 Å². The summed E-state index contributed by atoms with van der Waals surface area (Å²) in [6, 6.07) is 0. The molecular weight excluding hydrogens is 126 g/mol. The van der Waals surface area contributed by atoms with Crippen LogP contribution in [-0.2, 0) is 4.74 Å². The first-order valence-corrected chi connectivity index (χ1v) is 4.13. The van der Waals surface area contributed by atoms with Crippen LogP contribution in [0, 0.1) is 5.92 Å². The molecule has 1 heterocycles. The van der Waals surface area contributed by atoms with E-state index in [-0.39, 0.29) is 5.60 Å². The Morgan fingerprint density at radius 3 is 2.70 bits per heavy atom. The normalized spacial score (nSPS) is 40.5. The third-order valence-corrected chi connectivity index (χ3v) is 2.88. The van der Waals surface area contributed by atoms with Crippen molar-refractivity contribution in [3.63, 3.8) is 0 Å². The zero-order valence-electron chi connectivity index (χ0n) is 6.52. The van der Waals surface area contributed by atoms with E-state index in [0.29, 0.717) is 0 Å². The summed E-state index contributed by atoms with van der Waals surface area (Å²) in [6.07, 6.45) is 3.99. The first kappa shape index (κ1) is 6.62. The van der Waals surface area contributed by atoms with E-state index < -0.39 is 0 Å². The van der Waals surface area contributed by atoms with Gasteiger partial charge >= 0.3 is 0 Å². The van der Waals surface area contributed by atoms with Crippen molar-refractivity contribution in [3.8, 4) is 0 Å². The molecule has 1 unspecified atom stereocenters. The van der Waals surface area contributed by atoms with Crippen LogP contribution in [0.2, 0.25) is 0 Å². The van der Waals surface area contributed by atoms with Crippen LogP contribution in [0.15, 0.2) is 0 Å². The lowest BCUT2D eigenvalue weighted by Gasteiger charge is -2.26. The quantitative estimate of drug-likeness (QED) is 0.613. The molecule has 1 aliphatic heterocycles. The number of nitrogens with one attached hydrogen (secondary N) is 1. The molecule has 1 atom stereocenters. The lowest BCUT2D eigenvalue weighted by atomic mass is 9.97. The standard InChI is InChI=1S/C8H15NO/c1-10-8(7-2-3-7)4-5-9-6-8/h7,9H,2-6H2,1H3. The average molecular weight is 141 g/mol. The van der Waals surface area contributed by atoms with Crippen LogP contribution in [0.5, 0.6) is 0 Å². The fourth-order valence-electron chi connectivity index (χ4n) is 1.99. The molecule has 2 aliphatic rings. The molecular formula is C8H15NO. The molecule has 2 rings (SSSR count). The molecule has 1 aliphatic carbocycles. The molecule has 0 spiro atoms. The van der Waals surface area contributed by atoms with E-state index >= 15 is 0 Å². The van der Waals surface area contributed by atoms with Crippen LogP contribution >= 0.6 is 0 Å². The van der Waals surface area contributed by atoms with E-state index in [9.17, 15) is 0 Å². The van der Waals surface area contributed by atoms with Crippen LogP contribution in [0.25, 0.3) is 0 Å². The summed E-state index contributed by atoms with van der Waals surface area (Å²) in [5.74, 6) is 0.868. The van der Waals surface area contributed by atoms with Crippen molar-refractivity contribution in [2.24, 2.45) is 5.92 Å². The second kappa shape index (κ2) is 2.21. The predicted molar refractivity (Wildman–Crippen MR) is 40.0 cm³/mol. The smallest absolute Gasteiger partial charge is 0.0842 e. The summed E-state index contributed by atoms with van der Waals surface area (Å²) in [5, 5.41) is 3.36. The Morgan fingerprint density at radius 2 is 2.30 bits per heavy atom. The highest BCUT2D eigenvalue weighted by Crippen LogP contribution is 2.44. The highest BCUT2D eigenvalue weighted by molar-refractivity contribution is 5.01. The van der Waals surface area contributed by atoms with Crippen molar-refractivity contribution in [3.05, 3.63) is 0 Å². The van der Waals surface area contributed by atoms with Crippen LogP contribution in [0.3, 0.4) is 0 Å². The molecule has 2 nitrogen and oxygen atoms in total. The second-order valence-electron chi connectivity index (χ2n) is 3.47. The predicted octanol–water partition coefficient (Wildman–Crippen LogP) is 0.775. The lowest BCUT2D eigenvalue weighted by molar-refractivity contribution is -0.0117. The van der Waals surface area contributed by atoms with Gasteiger partial charge in [-0.2, -0.15) is 0 Å². The van der Waals surface area contributed by atoms with E-state index in [1.165, 1.54) is 19.3 Å². The molecule has 0 aromatic heterocycles. The minimum absolute atomic E-state index is 0.236. The van der Waals surface area contributed by atoms with E-state index in [2.05, 4.69) is 5.32 Å². The Balaban J connectivity index is 2.04. The Kier molecular flexibility index (Phi) is 1.46. The van der Waals surface area contributed by atoms with Crippen LogP contribution in [0.4, 0.5) is 0 Å². The maximum atomic E-state index is 5.56. The Morgan fingerprint density at radius 1 is 1.50 bits per heavy atom. The molecule has 58 valence electrons. The third-order valence-electron chi connectivity index (χ3n) is 2.88. The highest BCUT2D eigenvalue weighted by Gasteiger charge is 2.47. The molecule has 0 aromatic carbocycles. The lowest BCUT2D eigenvalue weighted by Crippen LogP contribution is -2.36.